The van der Waals surface area contributed by atoms with Crippen molar-refractivity contribution < 1.29 is 13.6 Å². The van der Waals surface area contributed by atoms with Gasteiger partial charge in [-0.25, -0.2) is 8.78 Å². The molecule has 0 fully saturated rings. The van der Waals surface area contributed by atoms with Gasteiger partial charge in [-0.2, -0.15) is 5.10 Å². The first-order valence-corrected chi connectivity index (χ1v) is 9.66. The summed E-state index contributed by atoms with van der Waals surface area (Å²) < 4.78 is 29.7. The van der Waals surface area contributed by atoms with E-state index in [4.69, 9.17) is 12.2 Å². The van der Waals surface area contributed by atoms with Gasteiger partial charge in [-0.15, -0.1) is 11.3 Å². The molecule has 0 aliphatic rings. The minimum atomic E-state index is -0.610. The SMILES string of the molecule is CC(Cc1c(F)cccc1F)NC(=O)CCn1c(-c2cccs2)n[nH]c1=S. The smallest absolute Gasteiger partial charge is 0.222 e. The second kappa shape index (κ2) is 8.53. The molecule has 1 unspecified atom stereocenters. The maximum absolute atomic E-state index is 13.7. The summed E-state index contributed by atoms with van der Waals surface area (Å²) in [4.78, 5) is 13.2. The molecule has 0 aliphatic carbocycles. The van der Waals surface area contributed by atoms with E-state index in [9.17, 15) is 13.6 Å². The second-order valence-electron chi connectivity index (χ2n) is 6.10. The number of rotatable bonds is 7. The van der Waals surface area contributed by atoms with Gasteiger partial charge >= 0.3 is 0 Å². The molecular weight excluding hydrogens is 390 g/mol. The molecule has 27 heavy (non-hydrogen) atoms. The zero-order valence-electron chi connectivity index (χ0n) is 14.5. The lowest BCUT2D eigenvalue weighted by molar-refractivity contribution is -0.121. The van der Waals surface area contributed by atoms with Crippen LogP contribution in [0.5, 0.6) is 0 Å². The third-order valence-corrected chi connectivity index (χ3v) is 5.22. The summed E-state index contributed by atoms with van der Waals surface area (Å²) in [5.41, 5.74) is -0.0256. The Morgan fingerprint density at radius 2 is 2.07 bits per heavy atom. The molecule has 0 saturated heterocycles. The van der Waals surface area contributed by atoms with Crippen LogP contribution >= 0.6 is 23.6 Å². The van der Waals surface area contributed by atoms with Crippen LogP contribution < -0.4 is 5.32 Å². The van der Waals surface area contributed by atoms with Crippen molar-refractivity contribution in [2.45, 2.75) is 32.4 Å². The predicted octanol–water partition coefficient (Wildman–Crippen LogP) is 4.08. The number of carbonyl (C=O) groups is 1. The highest BCUT2D eigenvalue weighted by Gasteiger charge is 2.15. The Kier molecular flexibility index (Phi) is 6.12. The Morgan fingerprint density at radius 3 is 2.74 bits per heavy atom. The summed E-state index contributed by atoms with van der Waals surface area (Å²) in [6.45, 7) is 2.07. The van der Waals surface area contributed by atoms with Crippen molar-refractivity contribution in [1.82, 2.24) is 20.1 Å². The first kappa shape index (κ1) is 19.4. The molecule has 1 aromatic carbocycles. The molecule has 0 radical (unpaired) electrons. The Hall–Kier alpha value is -2.39. The average molecular weight is 408 g/mol. The minimum absolute atomic E-state index is 0.0256. The van der Waals surface area contributed by atoms with E-state index < -0.39 is 17.7 Å². The fraction of sp³-hybridized carbons (Fsp3) is 0.278. The molecule has 9 heteroatoms. The van der Waals surface area contributed by atoms with Crippen molar-refractivity contribution >= 4 is 29.5 Å². The van der Waals surface area contributed by atoms with Crippen LogP contribution in [0.1, 0.15) is 18.9 Å². The van der Waals surface area contributed by atoms with E-state index in [0.29, 0.717) is 17.1 Å². The largest absolute Gasteiger partial charge is 0.353 e. The van der Waals surface area contributed by atoms with E-state index in [1.807, 2.05) is 17.5 Å². The summed E-state index contributed by atoms with van der Waals surface area (Å²) in [7, 11) is 0. The highest BCUT2D eigenvalue weighted by Crippen LogP contribution is 2.23. The van der Waals surface area contributed by atoms with Crippen LogP contribution in [-0.2, 0) is 17.8 Å². The molecule has 3 aromatic rings. The number of aromatic nitrogens is 3. The lowest BCUT2D eigenvalue weighted by Gasteiger charge is -2.15. The van der Waals surface area contributed by atoms with Gasteiger partial charge in [-0.05, 0) is 49.1 Å². The third kappa shape index (κ3) is 4.67. The number of aromatic amines is 1. The molecule has 2 heterocycles. The van der Waals surface area contributed by atoms with Gasteiger partial charge in [0.1, 0.15) is 11.6 Å². The monoisotopic (exact) mass is 408 g/mol. The lowest BCUT2D eigenvalue weighted by Crippen LogP contribution is -2.35. The first-order valence-electron chi connectivity index (χ1n) is 8.37. The van der Waals surface area contributed by atoms with Gasteiger partial charge in [0.15, 0.2) is 10.6 Å². The van der Waals surface area contributed by atoms with Crippen LogP contribution in [0.15, 0.2) is 35.7 Å². The standard InChI is InChI=1S/C18H18F2N4OS2/c1-11(10-12-13(19)4-2-5-14(12)20)21-16(25)7-8-24-17(22-23-18(24)26)15-6-3-9-27-15/h2-6,9,11H,7-8,10H2,1H3,(H,21,25)(H,23,26). The average Bonchev–Trinajstić information content (AvgIpc) is 3.26. The molecule has 3 rings (SSSR count). The molecular formula is C18H18F2N4OS2. The number of thiophene rings is 1. The molecule has 0 bridgehead atoms. The predicted molar refractivity (Wildman–Crippen MR) is 103 cm³/mol. The van der Waals surface area contributed by atoms with Crippen LogP contribution in [0.25, 0.3) is 10.7 Å². The fourth-order valence-electron chi connectivity index (χ4n) is 2.76. The number of H-pyrrole nitrogens is 1. The van der Waals surface area contributed by atoms with Crippen molar-refractivity contribution in [3.05, 3.63) is 57.7 Å². The summed E-state index contributed by atoms with van der Waals surface area (Å²) in [5.74, 6) is -0.758. The van der Waals surface area contributed by atoms with E-state index in [2.05, 4.69) is 15.5 Å². The number of halogens is 2. The summed E-state index contributed by atoms with van der Waals surface area (Å²) in [6.07, 6.45) is 0.256. The highest BCUT2D eigenvalue weighted by atomic mass is 32.1. The Bertz CT molecular complexity index is 961. The molecule has 0 spiro atoms. The number of amides is 1. The quantitative estimate of drug-likeness (QED) is 0.579. The zero-order chi connectivity index (χ0) is 19.4. The Morgan fingerprint density at radius 1 is 1.33 bits per heavy atom. The van der Waals surface area contributed by atoms with Gasteiger partial charge in [-0.1, -0.05) is 12.1 Å². The van der Waals surface area contributed by atoms with Gasteiger partial charge in [-0.3, -0.25) is 14.5 Å². The van der Waals surface area contributed by atoms with Crippen LogP contribution in [0, 0.1) is 16.4 Å². The van der Waals surface area contributed by atoms with Crippen molar-refractivity contribution in [1.29, 1.82) is 0 Å². The number of benzene rings is 1. The molecule has 0 saturated carbocycles. The van der Waals surface area contributed by atoms with Crippen molar-refractivity contribution in [3.8, 4) is 10.7 Å². The van der Waals surface area contributed by atoms with Crippen molar-refractivity contribution in [3.63, 3.8) is 0 Å². The van der Waals surface area contributed by atoms with E-state index in [-0.39, 0.29) is 24.3 Å². The highest BCUT2D eigenvalue weighted by molar-refractivity contribution is 7.71. The summed E-state index contributed by atoms with van der Waals surface area (Å²) in [6, 6.07) is 7.17. The molecule has 5 nitrogen and oxygen atoms in total. The fourth-order valence-corrected chi connectivity index (χ4v) is 3.71. The zero-order valence-corrected chi connectivity index (χ0v) is 16.2. The Labute approximate surface area is 164 Å². The molecule has 2 N–H and O–H groups in total. The number of carbonyl (C=O) groups excluding carboxylic acids is 1. The molecule has 1 amide bonds. The van der Waals surface area contributed by atoms with Crippen molar-refractivity contribution in [2.24, 2.45) is 0 Å². The third-order valence-electron chi connectivity index (χ3n) is 4.04. The molecule has 0 aliphatic heterocycles. The number of hydrogen-bond acceptors (Lipinski definition) is 4. The van der Waals surface area contributed by atoms with Gasteiger partial charge < -0.3 is 5.32 Å². The Balaban J connectivity index is 1.59. The van der Waals surface area contributed by atoms with Crippen LogP contribution in [-0.4, -0.2) is 26.7 Å². The van der Waals surface area contributed by atoms with Gasteiger partial charge in [0.2, 0.25) is 5.91 Å². The van der Waals surface area contributed by atoms with E-state index in [1.54, 1.807) is 11.5 Å². The van der Waals surface area contributed by atoms with Crippen LogP contribution in [0.4, 0.5) is 8.78 Å². The summed E-state index contributed by atoms with van der Waals surface area (Å²) >= 11 is 6.77. The van der Waals surface area contributed by atoms with Crippen LogP contribution in [0.3, 0.4) is 0 Å². The van der Waals surface area contributed by atoms with Gasteiger partial charge in [0.05, 0.1) is 4.88 Å². The number of hydrogen-bond donors (Lipinski definition) is 2. The normalized spacial score (nSPS) is 12.1. The van der Waals surface area contributed by atoms with Gasteiger partial charge in [0, 0.05) is 24.6 Å². The topological polar surface area (TPSA) is 62.7 Å². The maximum atomic E-state index is 13.7. The van der Waals surface area contributed by atoms with Crippen molar-refractivity contribution in [2.75, 3.05) is 0 Å². The molecule has 2 aromatic heterocycles. The minimum Gasteiger partial charge on any atom is -0.353 e. The van der Waals surface area contributed by atoms with Gasteiger partial charge in [0.25, 0.3) is 0 Å². The number of nitrogens with zero attached hydrogens (tertiary/aromatic N) is 2. The lowest BCUT2D eigenvalue weighted by atomic mass is 10.1. The number of nitrogens with one attached hydrogen (secondary N) is 2. The molecule has 142 valence electrons. The van der Waals surface area contributed by atoms with E-state index in [1.165, 1.54) is 29.5 Å². The summed E-state index contributed by atoms with van der Waals surface area (Å²) in [5, 5.41) is 11.7. The first-order chi connectivity index (χ1) is 13.0. The van der Waals surface area contributed by atoms with Crippen LogP contribution in [0.2, 0.25) is 0 Å². The second-order valence-corrected chi connectivity index (χ2v) is 7.44. The van der Waals surface area contributed by atoms with E-state index in [0.717, 1.165) is 4.88 Å². The van der Waals surface area contributed by atoms with E-state index >= 15 is 0 Å². The molecule has 1 atom stereocenters. The maximum Gasteiger partial charge on any atom is 0.222 e.